The molecule has 1 aromatic rings. The van der Waals surface area contributed by atoms with Gasteiger partial charge in [0, 0.05) is 18.7 Å². The van der Waals surface area contributed by atoms with Crippen LogP contribution in [0.15, 0.2) is 10.6 Å². The molecule has 0 aliphatic heterocycles. The summed E-state index contributed by atoms with van der Waals surface area (Å²) in [6.45, 7) is 8.55. The van der Waals surface area contributed by atoms with Crippen LogP contribution in [0.2, 0.25) is 0 Å². The second-order valence-corrected chi connectivity index (χ2v) is 5.92. The van der Waals surface area contributed by atoms with Crippen molar-refractivity contribution in [2.24, 2.45) is 0 Å². The molecule has 0 aromatic carbocycles. The Hall–Kier alpha value is -0.870. The highest BCUT2D eigenvalue weighted by molar-refractivity contribution is 5.05. The number of unbranched alkanes of at least 4 members (excludes halogenated alkanes) is 2. The zero-order valence-electron chi connectivity index (χ0n) is 13.0. The quantitative estimate of drug-likeness (QED) is 0.674. The minimum atomic E-state index is 0.723. The molecule has 1 aliphatic carbocycles. The van der Waals surface area contributed by atoms with E-state index >= 15 is 0 Å². The highest BCUT2D eigenvalue weighted by Crippen LogP contribution is 2.19. The number of rotatable bonds is 11. The van der Waals surface area contributed by atoms with Crippen molar-refractivity contribution in [2.45, 2.75) is 71.5 Å². The van der Waals surface area contributed by atoms with E-state index in [9.17, 15) is 0 Å². The normalized spacial score (nSPS) is 15.2. The molecule has 1 fully saturated rings. The lowest BCUT2D eigenvalue weighted by molar-refractivity contribution is 0.224. The van der Waals surface area contributed by atoms with Gasteiger partial charge in [-0.05, 0) is 38.8 Å². The van der Waals surface area contributed by atoms with Crippen LogP contribution in [0.5, 0.6) is 0 Å². The van der Waals surface area contributed by atoms with Crippen molar-refractivity contribution in [3.63, 3.8) is 0 Å². The average molecular weight is 279 g/mol. The lowest BCUT2D eigenvalue weighted by atomic mass is 10.2. The van der Waals surface area contributed by atoms with Crippen LogP contribution in [0.1, 0.15) is 63.8 Å². The van der Waals surface area contributed by atoms with Crippen molar-refractivity contribution < 1.29 is 4.52 Å². The first kappa shape index (κ1) is 15.5. The molecule has 0 atom stereocenters. The van der Waals surface area contributed by atoms with Crippen LogP contribution in [-0.2, 0) is 13.1 Å². The third-order valence-corrected chi connectivity index (χ3v) is 3.79. The molecule has 0 amide bonds. The molecule has 1 aromatic heterocycles. The SMILES string of the molecule is CCCCN(CCCC)Cc1cc(CNC2CC2)no1. The minimum Gasteiger partial charge on any atom is -0.360 e. The van der Waals surface area contributed by atoms with Gasteiger partial charge < -0.3 is 9.84 Å². The van der Waals surface area contributed by atoms with E-state index in [-0.39, 0.29) is 0 Å². The zero-order chi connectivity index (χ0) is 14.2. The first-order valence-electron chi connectivity index (χ1n) is 8.22. The predicted molar refractivity (Wildman–Crippen MR) is 81.5 cm³/mol. The molecule has 4 nitrogen and oxygen atoms in total. The zero-order valence-corrected chi connectivity index (χ0v) is 13.0. The van der Waals surface area contributed by atoms with Crippen molar-refractivity contribution in [3.8, 4) is 0 Å². The first-order chi connectivity index (χ1) is 9.81. The maximum atomic E-state index is 5.48. The molecule has 2 rings (SSSR count). The Morgan fingerprint density at radius 3 is 2.55 bits per heavy atom. The third-order valence-electron chi connectivity index (χ3n) is 3.79. The molecule has 0 spiro atoms. The van der Waals surface area contributed by atoms with Crippen molar-refractivity contribution in [1.82, 2.24) is 15.4 Å². The topological polar surface area (TPSA) is 41.3 Å². The van der Waals surface area contributed by atoms with Gasteiger partial charge in [-0.3, -0.25) is 4.90 Å². The van der Waals surface area contributed by atoms with Crippen molar-refractivity contribution >= 4 is 0 Å². The summed E-state index contributed by atoms with van der Waals surface area (Å²) >= 11 is 0. The highest BCUT2D eigenvalue weighted by atomic mass is 16.5. The van der Waals surface area contributed by atoms with Crippen LogP contribution in [0, 0.1) is 0 Å². The number of hydrogen-bond donors (Lipinski definition) is 1. The maximum Gasteiger partial charge on any atom is 0.151 e. The molecule has 4 heteroatoms. The summed E-state index contributed by atoms with van der Waals surface area (Å²) in [6, 6.07) is 2.83. The van der Waals surface area contributed by atoms with E-state index in [1.807, 2.05) is 0 Å². The van der Waals surface area contributed by atoms with E-state index < -0.39 is 0 Å². The molecule has 0 bridgehead atoms. The number of aromatic nitrogens is 1. The fraction of sp³-hybridized carbons (Fsp3) is 0.812. The number of nitrogens with one attached hydrogen (secondary N) is 1. The van der Waals surface area contributed by atoms with E-state index in [1.54, 1.807) is 0 Å². The van der Waals surface area contributed by atoms with Crippen molar-refractivity contribution in [2.75, 3.05) is 13.1 Å². The maximum absolute atomic E-state index is 5.48. The van der Waals surface area contributed by atoms with Gasteiger partial charge in [0.15, 0.2) is 5.76 Å². The molecule has 1 saturated carbocycles. The van der Waals surface area contributed by atoms with Crippen LogP contribution in [-0.4, -0.2) is 29.2 Å². The Labute approximate surface area is 122 Å². The van der Waals surface area contributed by atoms with Crippen LogP contribution in [0.25, 0.3) is 0 Å². The third kappa shape index (κ3) is 5.63. The minimum absolute atomic E-state index is 0.723. The van der Waals surface area contributed by atoms with Gasteiger partial charge in [0.1, 0.15) is 0 Å². The molecular weight excluding hydrogens is 250 g/mol. The standard InChI is InChI=1S/C16H29N3O/c1-3-5-9-19(10-6-4-2)13-16-11-15(18-20-16)12-17-14-7-8-14/h11,14,17H,3-10,12-13H2,1-2H3. The fourth-order valence-corrected chi connectivity index (χ4v) is 2.30. The van der Waals surface area contributed by atoms with Gasteiger partial charge in [-0.2, -0.15) is 0 Å². The summed E-state index contributed by atoms with van der Waals surface area (Å²) in [5, 5.41) is 7.64. The monoisotopic (exact) mass is 279 g/mol. The first-order valence-corrected chi connectivity index (χ1v) is 8.22. The molecule has 1 heterocycles. The van der Waals surface area contributed by atoms with E-state index in [1.165, 1.54) is 38.5 Å². The molecule has 0 radical (unpaired) electrons. The number of nitrogens with zero attached hydrogens (tertiary/aromatic N) is 2. The van der Waals surface area contributed by atoms with Crippen molar-refractivity contribution in [1.29, 1.82) is 0 Å². The van der Waals surface area contributed by atoms with Gasteiger partial charge in [-0.25, -0.2) is 0 Å². The Morgan fingerprint density at radius 2 is 1.95 bits per heavy atom. The Morgan fingerprint density at radius 1 is 1.25 bits per heavy atom. The van der Waals surface area contributed by atoms with Gasteiger partial charge in [0.2, 0.25) is 0 Å². The lowest BCUT2D eigenvalue weighted by Crippen LogP contribution is -2.25. The van der Waals surface area contributed by atoms with E-state index in [2.05, 4.69) is 35.3 Å². The van der Waals surface area contributed by atoms with Gasteiger partial charge in [0.25, 0.3) is 0 Å². The summed E-state index contributed by atoms with van der Waals surface area (Å²) in [5.74, 6) is 1.00. The molecule has 20 heavy (non-hydrogen) atoms. The molecular formula is C16H29N3O. The van der Waals surface area contributed by atoms with Crippen molar-refractivity contribution in [3.05, 3.63) is 17.5 Å². The summed E-state index contributed by atoms with van der Waals surface area (Å²) in [5.41, 5.74) is 1.04. The largest absolute Gasteiger partial charge is 0.360 e. The van der Waals surface area contributed by atoms with Crippen LogP contribution >= 0.6 is 0 Å². The van der Waals surface area contributed by atoms with Crippen LogP contribution < -0.4 is 5.32 Å². The van der Waals surface area contributed by atoms with Crippen LogP contribution in [0.4, 0.5) is 0 Å². The molecule has 1 N–H and O–H groups in total. The molecule has 1 aliphatic rings. The summed E-state index contributed by atoms with van der Waals surface area (Å²) in [4.78, 5) is 2.49. The second-order valence-electron chi connectivity index (χ2n) is 5.92. The second kappa shape index (κ2) is 8.42. The van der Waals surface area contributed by atoms with E-state index in [0.717, 1.165) is 43.7 Å². The summed E-state index contributed by atoms with van der Waals surface area (Å²) in [6.07, 6.45) is 7.63. The van der Waals surface area contributed by atoms with E-state index in [0.29, 0.717) is 0 Å². The van der Waals surface area contributed by atoms with Gasteiger partial charge in [-0.15, -0.1) is 0 Å². The number of hydrogen-bond acceptors (Lipinski definition) is 4. The highest BCUT2D eigenvalue weighted by Gasteiger charge is 2.20. The molecule has 0 saturated heterocycles. The van der Waals surface area contributed by atoms with Gasteiger partial charge >= 0.3 is 0 Å². The Bertz CT molecular complexity index is 366. The Kier molecular flexibility index (Phi) is 6.54. The van der Waals surface area contributed by atoms with Gasteiger partial charge in [0.05, 0.1) is 12.2 Å². The fourth-order valence-electron chi connectivity index (χ4n) is 2.30. The summed E-state index contributed by atoms with van der Waals surface area (Å²) < 4.78 is 5.48. The van der Waals surface area contributed by atoms with Gasteiger partial charge in [-0.1, -0.05) is 31.8 Å². The molecule has 114 valence electrons. The summed E-state index contributed by atoms with van der Waals surface area (Å²) in [7, 11) is 0. The average Bonchev–Trinajstić information content (AvgIpc) is 3.19. The predicted octanol–water partition coefficient (Wildman–Crippen LogP) is 3.33. The van der Waals surface area contributed by atoms with Crippen LogP contribution in [0.3, 0.4) is 0 Å². The lowest BCUT2D eigenvalue weighted by Gasteiger charge is -2.20. The Balaban J connectivity index is 1.77. The molecule has 0 unspecified atom stereocenters. The smallest absolute Gasteiger partial charge is 0.151 e. The van der Waals surface area contributed by atoms with E-state index in [4.69, 9.17) is 4.52 Å².